The third kappa shape index (κ3) is 4910. The van der Waals surface area contributed by atoms with Gasteiger partial charge in [0.1, 0.15) is 6.29 Å². The van der Waals surface area contributed by atoms with E-state index in [1.54, 1.807) is 0 Å². The van der Waals surface area contributed by atoms with Crippen LogP contribution in [0.3, 0.4) is 0 Å². The van der Waals surface area contributed by atoms with E-state index in [9.17, 15) is 0 Å². The van der Waals surface area contributed by atoms with Crippen molar-refractivity contribution >= 4 is 47.0 Å². The number of rotatable bonds is 0. The Morgan fingerprint density at radius 1 is 0.500 bits per heavy atom. The van der Waals surface area contributed by atoms with E-state index in [2.05, 4.69) is 40.7 Å². The smallest absolute Gasteiger partial charge is 0.116 e. The third-order valence-corrected chi connectivity index (χ3v) is 0. The predicted molar refractivity (Wildman–Crippen MR) is 52.2 cm³/mol. The molecular formula is C8H10Co3O7-6. The molecule has 0 atom stereocenters. The Morgan fingerprint density at radius 2 is 0.500 bits per heavy atom. The molecule has 0 saturated carbocycles. The van der Waals surface area contributed by atoms with E-state index in [0.717, 1.165) is 6.29 Å². The van der Waals surface area contributed by atoms with Crippen molar-refractivity contribution in [3.8, 4) is 0 Å². The Labute approximate surface area is 137 Å². The number of carbonyl (C=O) groups is 1. The predicted octanol–water partition coefficient (Wildman–Crippen LogP) is -1.45. The SMILES string of the molecule is CC=O.[CH-]=O.[CH-]=O.[CH-]=O.[CH-]=O.[CH-]=O.[CH-]=O.[Co].[Co].[Co]. The summed E-state index contributed by atoms with van der Waals surface area (Å²) in [6.07, 6.45) is 0.750. The Morgan fingerprint density at radius 3 is 0.500 bits per heavy atom. The molecule has 0 unspecified atom stereocenters. The zero-order chi connectivity index (χ0) is 14.7. The molecule has 7 nitrogen and oxygen atoms in total. The fourth-order valence-corrected chi connectivity index (χ4v) is 0. The van der Waals surface area contributed by atoms with Gasteiger partial charge < -0.3 is 33.6 Å². The maximum Gasteiger partial charge on any atom is 0.116 e. The first kappa shape index (κ1) is 87.0. The van der Waals surface area contributed by atoms with Crippen LogP contribution in [0.4, 0.5) is 0 Å². The molecule has 0 heterocycles. The van der Waals surface area contributed by atoms with Gasteiger partial charge in [0.2, 0.25) is 0 Å². The van der Waals surface area contributed by atoms with Gasteiger partial charge in [0, 0.05) is 50.3 Å². The maximum absolute atomic E-state index is 8.81. The fourth-order valence-electron chi connectivity index (χ4n) is 0. The van der Waals surface area contributed by atoms with Crippen molar-refractivity contribution < 1.29 is 83.9 Å². The average Bonchev–Trinajstić information content (AvgIpc) is 2.44. The van der Waals surface area contributed by atoms with Gasteiger partial charge in [0.25, 0.3) is 0 Å². The summed E-state index contributed by atoms with van der Waals surface area (Å²) in [6.45, 7) is 20.9. The first-order chi connectivity index (χ1) is 7.41. The third-order valence-electron chi connectivity index (χ3n) is 0. The Balaban J connectivity index is -0.00000000508. The summed E-state index contributed by atoms with van der Waals surface area (Å²) < 4.78 is 0. The largest absolute Gasteiger partial charge is 0.545 e. The van der Waals surface area contributed by atoms with Crippen molar-refractivity contribution in [3.05, 3.63) is 0 Å². The Kier molecular flexibility index (Phi) is 413000. The number of carbonyl (C=O) groups excluding carboxylic acids is 7. The van der Waals surface area contributed by atoms with E-state index in [1.807, 2.05) is 0 Å². The van der Waals surface area contributed by atoms with Gasteiger partial charge in [-0.3, -0.25) is 40.7 Å². The monoisotopic (exact) mass is 395 g/mol. The summed E-state index contributed by atoms with van der Waals surface area (Å²) in [6, 6.07) is 0. The van der Waals surface area contributed by atoms with Crippen LogP contribution in [-0.4, -0.2) is 47.0 Å². The first-order valence-corrected chi connectivity index (χ1v) is 2.23. The van der Waals surface area contributed by atoms with Gasteiger partial charge in [-0.05, 0) is 6.92 Å². The average molecular weight is 395 g/mol. The molecule has 10 heteroatoms. The molecule has 0 aromatic carbocycles. The molecule has 0 N–H and O–H groups in total. The number of hydrogen-bond acceptors (Lipinski definition) is 7. The second kappa shape index (κ2) is 85400. The van der Waals surface area contributed by atoms with Crippen LogP contribution in [0, 0.1) is 0 Å². The molecular weight excluding hydrogens is 385 g/mol. The van der Waals surface area contributed by atoms with Gasteiger partial charge in [-0.1, -0.05) is 0 Å². The second-order valence-electron chi connectivity index (χ2n) is 0.236. The molecule has 0 aromatic heterocycles. The van der Waals surface area contributed by atoms with Crippen LogP contribution in [0.15, 0.2) is 0 Å². The van der Waals surface area contributed by atoms with E-state index in [0.29, 0.717) is 0 Å². The maximum atomic E-state index is 8.81. The summed E-state index contributed by atoms with van der Waals surface area (Å²) in [5, 5.41) is 0. The molecule has 0 amide bonds. The van der Waals surface area contributed by atoms with Gasteiger partial charge in [-0.2, -0.15) is 0 Å². The van der Waals surface area contributed by atoms with Crippen molar-refractivity contribution in [1.29, 1.82) is 0 Å². The Bertz CT molecular complexity index is 66.2. The van der Waals surface area contributed by atoms with Crippen molar-refractivity contribution in [1.82, 2.24) is 0 Å². The van der Waals surface area contributed by atoms with Crippen molar-refractivity contribution in [2.45, 2.75) is 6.92 Å². The molecule has 0 spiro atoms. The summed E-state index contributed by atoms with van der Waals surface area (Å²) in [7, 11) is 0. The Hall–Kier alpha value is -0.791. The van der Waals surface area contributed by atoms with E-state index in [1.165, 1.54) is 6.92 Å². The minimum absolute atomic E-state index is 0. The van der Waals surface area contributed by atoms with Gasteiger partial charge in [-0.15, -0.1) is 0 Å². The van der Waals surface area contributed by atoms with E-state index >= 15 is 0 Å². The van der Waals surface area contributed by atoms with E-state index in [-0.39, 0.29) is 50.3 Å². The van der Waals surface area contributed by atoms with Crippen molar-refractivity contribution in [2.24, 2.45) is 0 Å². The van der Waals surface area contributed by atoms with Crippen LogP contribution in [-0.2, 0) is 83.9 Å². The minimum atomic E-state index is 0. The summed E-state index contributed by atoms with van der Waals surface area (Å²) in [5.74, 6) is 0. The van der Waals surface area contributed by atoms with Crippen LogP contribution in [0.25, 0.3) is 0 Å². The molecule has 0 rings (SSSR count). The van der Waals surface area contributed by atoms with E-state index < -0.39 is 0 Å². The molecule has 0 aliphatic rings. The van der Waals surface area contributed by atoms with Crippen molar-refractivity contribution in [3.63, 3.8) is 0 Å². The summed E-state index contributed by atoms with van der Waals surface area (Å²) >= 11 is 0. The van der Waals surface area contributed by atoms with Crippen LogP contribution in [0.5, 0.6) is 0 Å². The van der Waals surface area contributed by atoms with Gasteiger partial charge in [0.15, 0.2) is 0 Å². The number of hydrogen-bond donors (Lipinski definition) is 0. The van der Waals surface area contributed by atoms with E-state index in [4.69, 9.17) is 33.6 Å². The molecule has 117 valence electrons. The normalized spacial score (nSPS) is 2.06. The molecule has 0 saturated heterocycles. The van der Waals surface area contributed by atoms with Crippen LogP contribution in [0.1, 0.15) is 6.92 Å². The molecule has 0 aliphatic heterocycles. The number of aldehydes is 1. The topological polar surface area (TPSA) is 119 Å². The fraction of sp³-hybridized carbons (Fsp3) is 0.125. The molecule has 0 fully saturated rings. The second-order valence-corrected chi connectivity index (χ2v) is 0.236. The minimum Gasteiger partial charge on any atom is -0.545 e. The summed E-state index contributed by atoms with van der Waals surface area (Å²) in [5.41, 5.74) is 0. The quantitative estimate of drug-likeness (QED) is 0.364. The summed E-state index contributed by atoms with van der Waals surface area (Å²) in [4.78, 5) is 55.3. The van der Waals surface area contributed by atoms with Crippen LogP contribution >= 0.6 is 0 Å². The zero-order valence-corrected chi connectivity index (χ0v) is 12.0. The van der Waals surface area contributed by atoms with Gasteiger partial charge in [-0.25, -0.2) is 0 Å². The first-order valence-electron chi connectivity index (χ1n) is 2.23. The van der Waals surface area contributed by atoms with Crippen molar-refractivity contribution in [2.75, 3.05) is 0 Å². The molecule has 0 aliphatic carbocycles. The van der Waals surface area contributed by atoms with Crippen LogP contribution in [0.2, 0.25) is 0 Å². The molecule has 18 heavy (non-hydrogen) atoms. The van der Waals surface area contributed by atoms with Crippen LogP contribution < -0.4 is 0 Å². The zero-order valence-electron chi connectivity index (χ0n) is 8.90. The molecule has 0 bridgehead atoms. The molecule has 0 aromatic rings. The molecule has 3 radical (unpaired) electrons. The van der Waals surface area contributed by atoms with Gasteiger partial charge >= 0.3 is 0 Å². The standard InChI is InChI=1S/C2H4O.6CHO.3Co/c1-2-3;6*1-2;;;/h2H,1H3;6*1H;;;/q;6*-1;;;. The van der Waals surface area contributed by atoms with Gasteiger partial charge in [0.05, 0.1) is 0 Å².